The third-order valence-electron chi connectivity index (χ3n) is 0.868. The molecule has 0 aromatic heterocycles. The Morgan fingerprint density at radius 1 is 1.12 bits per heavy atom. The number of hydrogen-bond donors (Lipinski definition) is 1. The summed E-state index contributed by atoms with van der Waals surface area (Å²) in [6, 6.07) is 0. The summed E-state index contributed by atoms with van der Waals surface area (Å²) < 4.78 is 111. The summed E-state index contributed by atoms with van der Waals surface area (Å²) in [5, 5.41) is 8.52. The minimum atomic E-state index is -4.83. The van der Waals surface area contributed by atoms with Gasteiger partial charge >= 0.3 is 0 Å². The van der Waals surface area contributed by atoms with Crippen LogP contribution in [0.15, 0.2) is 0 Å². The molecule has 0 radical (unpaired) electrons. The van der Waals surface area contributed by atoms with Crippen LogP contribution in [0.4, 0.5) is 0 Å². The van der Waals surface area contributed by atoms with Gasteiger partial charge in [0.05, 0.1) is 37.2 Å². The van der Waals surface area contributed by atoms with Crippen molar-refractivity contribution in [3.8, 4) is 0 Å². The van der Waals surface area contributed by atoms with Crippen molar-refractivity contribution in [1.29, 1.82) is 0 Å². The van der Waals surface area contributed by atoms with E-state index in [1.165, 1.54) is 0 Å². The van der Waals surface area contributed by atoms with Crippen molar-refractivity contribution in [3.63, 3.8) is 0 Å². The van der Waals surface area contributed by atoms with Crippen molar-refractivity contribution in [2.24, 2.45) is 0 Å². The van der Waals surface area contributed by atoms with E-state index in [9.17, 15) is 16.8 Å². The molecule has 98 valence electrons. The van der Waals surface area contributed by atoms with Crippen LogP contribution in [0, 0.1) is 0 Å². The fourth-order valence-electron chi connectivity index (χ4n) is 0.385. The Hall–Kier alpha value is -0.220. The highest BCUT2D eigenvalue weighted by Crippen LogP contribution is 1.98. The van der Waals surface area contributed by atoms with E-state index < -0.39 is 58.5 Å². The van der Waals surface area contributed by atoms with Gasteiger partial charge in [0.15, 0.2) is 0 Å². The first-order chi connectivity index (χ1) is 10.2. The van der Waals surface area contributed by atoms with Gasteiger partial charge in [0.25, 0.3) is 20.2 Å². The van der Waals surface area contributed by atoms with Crippen molar-refractivity contribution in [2.75, 3.05) is 31.7 Å². The van der Waals surface area contributed by atoms with Crippen molar-refractivity contribution < 1.29 is 41.3 Å². The minimum absolute atomic E-state index is 0.354. The van der Waals surface area contributed by atoms with E-state index in [1.807, 2.05) is 0 Å². The maximum Gasteiger partial charge on any atom is 0.269 e. The van der Waals surface area contributed by atoms with Crippen LogP contribution in [0.5, 0.6) is 0 Å². The van der Waals surface area contributed by atoms with Crippen LogP contribution in [0.2, 0.25) is 0 Å². The highest BCUT2D eigenvalue weighted by Gasteiger charge is 2.09. The number of hydrogen-bond acceptors (Lipinski definition) is 7. The standard InChI is InChI=1S/C7H16O7S2/c1-15(9,10)13-5-2-3-6-14-16(11,12)7-4-8/h8H,2-7H2,1H3/i2D2,3D2,5D2,6D2. The van der Waals surface area contributed by atoms with E-state index in [0.717, 1.165) is 0 Å². The molecule has 0 fully saturated rings. The van der Waals surface area contributed by atoms with Gasteiger partial charge in [0.2, 0.25) is 0 Å². The van der Waals surface area contributed by atoms with Gasteiger partial charge in [-0.1, -0.05) is 0 Å². The Labute approximate surface area is 107 Å². The van der Waals surface area contributed by atoms with E-state index in [2.05, 4.69) is 8.37 Å². The highest BCUT2D eigenvalue weighted by molar-refractivity contribution is 7.86. The van der Waals surface area contributed by atoms with Gasteiger partial charge in [0.1, 0.15) is 0 Å². The first kappa shape index (κ1) is 6.64. The van der Waals surface area contributed by atoms with E-state index in [0.29, 0.717) is 6.26 Å². The molecule has 0 bridgehead atoms. The summed E-state index contributed by atoms with van der Waals surface area (Å²) in [5.74, 6) is -1.13. The van der Waals surface area contributed by atoms with Crippen LogP contribution in [-0.4, -0.2) is 53.7 Å². The third kappa shape index (κ3) is 10.3. The Bertz CT molecular complexity index is 656. The molecule has 0 unspecified atom stereocenters. The summed E-state index contributed by atoms with van der Waals surface area (Å²) in [5.41, 5.74) is 0. The lowest BCUT2D eigenvalue weighted by atomic mass is 10.3. The van der Waals surface area contributed by atoms with Gasteiger partial charge in [-0.25, -0.2) is 0 Å². The Morgan fingerprint density at radius 3 is 2.06 bits per heavy atom. The van der Waals surface area contributed by atoms with E-state index in [1.54, 1.807) is 0 Å². The van der Waals surface area contributed by atoms with Crippen LogP contribution in [0.25, 0.3) is 0 Å². The zero-order valence-corrected chi connectivity index (χ0v) is 9.76. The second-order valence-electron chi connectivity index (χ2n) is 2.31. The highest BCUT2D eigenvalue weighted by atomic mass is 32.2. The second-order valence-corrected chi connectivity index (χ2v) is 5.58. The molecular weight excluding hydrogens is 260 g/mol. The summed E-state index contributed by atoms with van der Waals surface area (Å²) in [6.45, 7) is -8.85. The van der Waals surface area contributed by atoms with E-state index in [4.69, 9.17) is 16.1 Å². The van der Waals surface area contributed by atoms with Gasteiger partial charge in [0, 0.05) is 5.48 Å². The lowest BCUT2D eigenvalue weighted by Gasteiger charge is -2.04. The predicted molar refractivity (Wildman–Crippen MR) is 56.9 cm³/mol. The molecule has 0 atom stereocenters. The molecule has 0 aliphatic rings. The lowest BCUT2D eigenvalue weighted by molar-refractivity contribution is 0.265. The van der Waals surface area contributed by atoms with Crippen LogP contribution in [0.1, 0.15) is 23.7 Å². The Kier molecular flexibility index (Phi) is 2.98. The second kappa shape index (κ2) is 7.17. The van der Waals surface area contributed by atoms with Gasteiger partial charge in [-0.2, -0.15) is 16.8 Å². The number of aliphatic hydroxyl groups is 1. The van der Waals surface area contributed by atoms with Crippen molar-refractivity contribution in [2.45, 2.75) is 12.7 Å². The van der Waals surface area contributed by atoms with Gasteiger partial charge in [-0.3, -0.25) is 8.37 Å². The van der Waals surface area contributed by atoms with Gasteiger partial charge < -0.3 is 5.11 Å². The zero-order valence-electron chi connectivity index (χ0n) is 16.1. The molecule has 0 saturated heterocycles. The molecule has 9 heteroatoms. The molecule has 0 saturated carbocycles. The molecule has 0 heterocycles. The number of rotatable bonds is 9. The topological polar surface area (TPSA) is 107 Å². The van der Waals surface area contributed by atoms with Crippen molar-refractivity contribution >= 4 is 20.2 Å². The molecule has 0 aliphatic carbocycles. The van der Waals surface area contributed by atoms with Crippen molar-refractivity contribution in [3.05, 3.63) is 0 Å². The van der Waals surface area contributed by atoms with E-state index in [-0.39, 0.29) is 0 Å². The minimum Gasteiger partial charge on any atom is -0.395 e. The quantitative estimate of drug-likeness (QED) is 0.546. The first-order valence-corrected chi connectivity index (χ1v) is 7.07. The summed E-state index contributed by atoms with van der Waals surface area (Å²) in [4.78, 5) is 0. The normalized spacial score (nSPS) is 23.9. The Morgan fingerprint density at radius 2 is 1.62 bits per heavy atom. The molecule has 16 heavy (non-hydrogen) atoms. The SMILES string of the molecule is [2H]C([2H])(OS(C)(=O)=O)C([2H])([2H])C([2H])([2H])C([2H])([2H])OS(=O)(=O)CCO. The van der Waals surface area contributed by atoms with Crippen LogP contribution < -0.4 is 0 Å². The average molecular weight is 284 g/mol. The summed E-state index contributed by atoms with van der Waals surface area (Å²) in [7, 11) is -9.44. The zero-order chi connectivity index (χ0) is 19.8. The van der Waals surface area contributed by atoms with E-state index >= 15 is 0 Å². The van der Waals surface area contributed by atoms with Crippen molar-refractivity contribution in [1.82, 2.24) is 0 Å². The van der Waals surface area contributed by atoms with Crippen LogP contribution in [0.3, 0.4) is 0 Å². The predicted octanol–water partition coefficient (Wildman–Crippen LogP) is -0.919. The fourth-order valence-corrected chi connectivity index (χ4v) is 1.05. The Balaban J connectivity index is 5.92. The smallest absolute Gasteiger partial charge is 0.269 e. The van der Waals surface area contributed by atoms with Gasteiger partial charge in [-0.05, 0) is 12.7 Å². The molecule has 7 nitrogen and oxygen atoms in total. The molecule has 0 aromatic rings. The molecule has 1 N–H and O–H groups in total. The fraction of sp³-hybridized carbons (Fsp3) is 1.00. The molecule has 0 aromatic carbocycles. The maximum absolute atomic E-state index is 11.4. The summed E-state index contributed by atoms with van der Waals surface area (Å²) >= 11 is 0. The number of aliphatic hydroxyl groups excluding tert-OH is 1. The van der Waals surface area contributed by atoms with Crippen LogP contribution in [-0.2, 0) is 28.6 Å². The summed E-state index contributed by atoms with van der Waals surface area (Å²) in [6.07, 6.45) is -7.69. The monoisotopic (exact) mass is 284 g/mol. The molecule has 0 spiro atoms. The van der Waals surface area contributed by atoms with Gasteiger partial charge in [-0.15, -0.1) is 0 Å². The average Bonchev–Trinajstić information content (AvgIpc) is 2.22. The maximum atomic E-state index is 11.4. The molecular formula is C7H16O7S2. The lowest BCUT2D eigenvalue weighted by Crippen LogP contribution is -2.14. The molecule has 0 rings (SSSR count). The largest absolute Gasteiger partial charge is 0.395 e. The first-order valence-electron chi connectivity index (χ1n) is 7.67. The third-order valence-corrected chi connectivity index (χ3v) is 2.27. The molecule has 0 aliphatic heterocycles. The molecule has 0 amide bonds. The van der Waals surface area contributed by atoms with Crippen LogP contribution >= 0.6 is 0 Å².